The number of amidine groups is 1. The highest BCUT2D eigenvalue weighted by Crippen LogP contribution is 1.94. The average molecular weight is 168 g/mol. The molecule has 0 spiro atoms. The van der Waals surface area contributed by atoms with Gasteiger partial charge in [0, 0.05) is 0 Å². The third-order valence-electron chi connectivity index (χ3n) is 1.18. The van der Waals surface area contributed by atoms with Crippen LogP contribution in [-0.4, -0.2) is 29.3 Å². The molecule has 0 aromatic carbocycles. The van der Waals surface area contributed by atoms with E-state index in [0.29, 0.717) is 0 Å². The van der Waals surface area contributed by atoms with E-state index in [0.717, 1.165) is 0 Å². The number of aliphatic hydroxyl groups is 2. The second-order valence-corrected chi connectivity index (χ2v) is 1.90. The lowest BCUT2D eigenvalue weighted by Crippen LogP contribution is -2.32. The highest BCUT2D eigenvalue weighted by atomic mass is 16.3. The SMILES string of the molecule is N#CN=C(NC#N)C(CO)CO. The minimum atomic E-state index is -0.704. The Labute approximate surface area is 69.4 Å². The Hall–Kier alpha value is -1.63. The highest BCUT2D eigenvalue weighted by molar-refractivity contribution is 5.86. The van der Waals surface area contributed by atoms with Crippen molar-refractivity contribution in [2.75, 3.05) is 13.2 Å². The van der Waals surface area contributed by atoms with E-state index >= 15 is 0 Å². The van der Waals surface area contributed by atoms with Crippen molar-refractivity contribution < 1.29 is 10.2 Å². The molecule has 6 heteroatoms. The number of hydrogen-bond acceptors (Lipinski definition) is 5. The Morgan fingerprint density at radius 1 is 1.42 bits per heavy atom. The molecule has 0 heterocycles. The zero-order valence-corrected chi connectivity index (χ0v) is 6.23. The lowest BCUT2D eigenvalue weighted by atomic mass is 10.1. The smallest absolute Gasteiger partial charge is 0.207 e. The molecule has 0 radical (unpaired) electrons. The molecule has 12 heavy (non-hydrogen) atoms. The summed E-state index contributed by atoms with van der Waals surface area (Å²) in [7, 11) is 0. The third-order valence-corrected chi connectivity index (χ3v) is 1.18. The summed E-state index contributed by atoms with van der Waals surface area (Å²) in [5.74, 6) is -0.727. The van der Waals surface area contributed by atoms with Gasteiger partial charge in [0.15, 0.2) is 6.19 Å². The van der Waals surface area contributed by atoms with Crippen molar-refractivity contribution in [3.63, 3.8) is 0 Å². The van der Waals surface area contributed by atoms with Crippen molar-refractivity contribution in [2.45, 2.75) is 0 Å². The maximum absolute atomic E-state index is 8.65. The molecule has 0 fully saturated rings. The van der Waals surface area contributed by atoms with Crippen molar-refractivity contribution in [2.24, 2.45) is 10.9 Å². The summed E-state index contributed by atoms with van der Waals surface area (Å²) >= 11 is 0. The molecule has 0 aromatic heterocycles. The van der Waals surface area contributed by atoms with Crippen LogP contribution in [0, 0.1) is 28.8 Å². The molecule has 0 unspecified atom stereocenters. The van der Waals surface area contributed by atoms with Crippen molar-refractivity contribution in [3.8, 4) is 12.4 Å². The van der Waals surface area contributed by atoms with E-state index in [1.165, 1.54) is 6.19 Å². The fraction of sp³-hybridized carbons (Fsp3) is 0.500. The predicted octanol–water partition coefficient (Wildman–Crippen LogP) is -1.46. The standard InChI is InChI=1S/C6H8N4O2/c7-3-9-6(10-4-8)5(1-11)2-12/h5,11-12H,1-2H2,(H,9,10). The van der Waals surface area contributed by atoms with Gasteiger partial charge in [-0.1, -0.05) is 0 Å². The summed E-state index contributed by atoms with van der Waals surface area (Å²) < 4.78 is 0. The average Bonchev–Trinajstić information content (AvgIpc) is 2.07. The minimum absolute atomic E-state index is 0.0231. The van der Waals surface area contributed by atoms with Crippen LogP contribution >= 0.6 is 0 Å². The van der Waals surface area contributed by atoms with Gasteiger partial charge in [-0.05, 0) is 0 Å². The summed E-state index contributed by atoms with van der Waals surface area (Å²) in [4.78, 5) is 3.22. The van der Waals surface area contributed by atoms with Crippen molar-refractivity contribution in [1.29, 1.82) is 10.5 Å². The molecule has 0 aromatic rings. The number of aliphatic imine (C=N–C) groups is 1. The van der Waals surface area contributed by atoms with Crippen molar-refractivity contribution in [3.05, 3.63) is 0 Å². The molecule has 64 valence electrons. The topological polar surface area (TPSA) is 112 Å². The zero-order chi connectivity index (χ0) is 9.40. The van der Waals surface area contributed by atoms with E-state index in [4.69, 9.17) is 20.7 Å². The molecule has 3 N–H and O–H groups in total. The maximum atomic E-state index is 8.65. The van der Waals surface area contributed by atoms with Crippen LogP contribution in [0.2, 0.25) is 0 Å². The predicted molar refractivity (Wildman–Crippen MR) is 39.5 cm³/mol. The molecule has 0 atom stereocenters. The normalized spacial score (nSPS) is 10.6. The van der Waals surface area contributed by atoms with Gasteiger partial charge in [-0.3, -0.25) is 5.32 Å². The molecule has 0 saturated carbocycles. The van der Waals surface area contributed by atoms with Crippen LogP contribution in [0.25, 0.3) is 0 Å². The molecule has 0 amide bonds. The first-order chi connectivity index (χ1) is 5.79. The van der Waals surface area contributed by atoms with Gasteiger partial charge in [-0.2, -0.15) is 15.5 Å². The van der Waals surface area contributed by atoms with E-state index < -0.39 is 5.92 Å². The van der Waals surface area contributed by atoms with Gasteiger partial charge in [-0.25, -0.2) is 0 Å². The molecule has 0 bridgehead atoms. The monoisotopic (exact) mass is 168 g/mol. The Morgan fingerprint density at radius 2 is 2.00 bits per heavy atom. The summed E-state index contributed by atoms with van der Waals surface area (Å²) in [5, 5.41) is 35.7. The summed E-state index contributed by atoms with van der Waals surface area (Å²) in [6, 6.07) is 0. The second kappa shape index (κ2) is 6.10. The Morgan fingerprint density at radius 3 is 2.33 bits per heavy atom. The molecule has 0 aliphatic rings. The third kappa shape index (κ3) is 2.97. The lowest BCUT2D eigenvalue weighted by Gasteiger charge is -2.09. The van der Waals surface area contributed by atoms with Crippen molar-refractivity contribution in [1.82, 2.24) is 5.32 Å². The summed E-state index contributed by atoms with van der Waals surface area (Å²) in [6.45, 7) is -0.739. The zero-order valence-electron chi connectivity index (χ0n) is 6.23. The van der Waals surface area contributed by atoms with Gasteiger partial charge in [-0.15, -0.1) is 0 Å². The van der Waals surface area contributed by atoms with Gasteiger partial charge in [0.05, 0.1) is 19.1 Å². The van der Waals surface area contributed by atoms with Crippen molar-refractivity contribution >= 4 is 5.84 Å². The Kier molecular flexibility index (Phi) is 5.28. The van der Waals surface area contributed by atoms with E-state index in [-0.39, 0.29) is 19.0 Å². The maximum Gasteiger partial charge on any atom is 0.207 e. The molecular formula is C6H8N4O2. The second-order valence-electron chi connectivity index (χ2n) is 1.90. The fourth-order valence-corrected chi connectivity index (χ4v) is 0.563. The Bertz CT molecular complexity index is 233. The summed E-state index contributed by atoms with van der Waals surface area (Å²) in [6.07, 6.45) is 3.00. The van der Waals surface area contributed by atoms with Gasteiger partial charge >= 0.3 is 0 Å². The molecule has 0 aliphatic heterocycles. The largest absolute Gasteiger partial charge is 0.396 e. The van der Waals surface area contributed by atoms with Crippen LogP contribution in [0.3, 0.4) is 0 Å². The number of hydrogen-bond donors (Lipinski definition) is 3. The number of rotatable bonds is 3. The number of aliphatic hydroxyl groups excluding tert-OH is 2. The van der Waals surface area contributed by atoms with E-state index in [9.17, 15) is 0 Å². The van der Waals surface area contributed by atoms with Crippen LogP contribution in [-0.2, 0) is 0 Å². The first-order valence-electron chi connectivity index (χ1n) is 3.13. The fourth-order valence-electron chi connectivity index (χ4n) is 0.563. The first-order valence-corrected chi connectivity index (χ1v) is 3.13. The van der Waals surface area contributed by atoms with Gasteiger partial charge in [0.25, 0.3) is 0 Å². The number of nitrogens with zero attached hydrogens (tertiary/aromatic N) is 3. The minimum Gasteiger partial charge on any atom is -0.396 e. The van der Waals surface area contributed by atoms with E-state index in [1.807, 2.05) is 0 Å². The lowest BCUT2D eigenvalue weighted by molar-refractivity contribution is 0.186. The Balaban J connectivity index is 4.41. The highest BCUT2D eigenvalue weighted by Gasteiger charge is 2.13. The van der Waals surface area contributed by atoms with Crippen LogP contribution in [0.4, 0.5) is 0 Å². The number of nitrogens with one attached hydrogen (secondary N) is 1. The molecule has 0 saturated heterocycles. The van der Waals surface area contributed by atoms with Gasteiger partial charge in [0.2, 0.25) is 6.19 Å². The van der Waals surface area contributed by atoms with Crippen LogP contribution < -0.4 is 5.32 Å². The summed E-state index contributed by atoms with van der Waals surface area (Å²) in [5.41, 5.74) is 0. The van der Waals surface area contributed by atoms with Gasteiger partial charge < -0.3 is 10.2 Å². The van der Waals surface area contributed by atoms with Gasteiger partial charge in [0.1, 0.15) is 5.84 Å². The first kappa shape index (κ1) is 10.4. The molecular weight excluding hydrogens is 160 g/mol. The quantitative estimate of drug-likeness (QED) is 0.206. The van der Waals surface area contributed by atoms with Crippen LogP contribution in [0.15, 0.2) is 4.99 Å². The molecule has 0 aliphatic carbocycles. The molecule has 6 nitrogen and oxygen atoms in total. The van der Waals surface area contributed by atoms with Crippen LogP contribution in [0.1, 0.15) is 0 Å². The van der Waals surface area contributed by atoms with Crippen LogP contribution in [0.5, 0.6) is 0 Å². The van der Waals surface area contributed by atoms with E-state index in [2.05, 4.69) is 10.3 Å². The number of nitriles is 2. The van der Waals surface area contributed by atoms with E-state index in [1.54, 1.807) is 6.19 Å². The molecule has 0 rings (SSSR count).